The SMILES string of the molecule is CCn1ccnc1C(C)(O)c1ccoc1. The average molecular weight is 206 g/mol. The van der Waals surface area contributed by atoms with Gasteiger partial charge < -0.3 is 14.1 Å². The fourth-order valence-electron chi connectivity index (χ4n) is 1.66. The lowest BCUT2D eigenvalue weighted by Gasteiger charge is -2.21. The topological polar surface area (TPSA) is 51.2 Å². The van der Waals surface area contributed by atoms with Crippen molar-refractivity contribution in [3.8, 4) is 0 Å². The summed E-state index contributed by atoms with van der Waals surface area (Å²) < 4.78 is 6.89. The van der Waals surface area contributed by atoms with Crippen LogP contribution in [0, 0.1) is 0 Å². The number of rotatable bonds is 3. The second-order valence-electron chi connectivity index (χ2n) is 3.62. The molecule has 0 fully saturated rings. The van der Waals surface area contributed by atoms with Crippen molar-refractivity contribution in [1.82, 2.24) is 9.55 Å². The molecule has 0 saturated carbocycles. The zero-order chi connectivity index (χ0) is 10.9. The van der Waals surface area contributed by atoms with E-state index in [0.717, 1.165) is 6.54 Å². The Hall–Kier alpha value is -1.55. The summed E-state index contributed by atoms with van der Waals surface area (Å²) in [5, 5.41) is 10.4. The number of aryl methyl sites for hydroxylation is 1. The van der Waals surface area contributed by atoms with Crippen LogP contribution in [0.3, 0.4) is 0 Å². The van der Waals surface area contributed by atoms with Crippen LogP contribution in [-0.2, 0) is 12.1 Å². The van der Waals surface area contributed by atoms with E-state index in [1.165, 1.54) is 6.26 Å². The predicted octanol–water partition coefficient (Wildman–Crippen LogP) is 1.75. The molecule has 2 heterocycles. The summed E-state index contributed by atoms with van der Waals surface area (Å²) in [6.07, 6.45) is 6.62. The first kappa shape index (κ1) is 9.98. The zero-order valence-electron chi connectivity index (χ0n) is 8.84. The molecular weight excluding hydrogens is 192 g/mol. The van der Waals surface area contributed by atoms with Gasteiger partial charge in [-0.25, -0.2) is 4.98 Å². The molecule has 15 heavy (non-hydrogen) atoms. The monoisotopic (exact) mass is 206 g/mol. The van der Waals surface area contributed by atoms with E-state index in [1.54, 1.807) is 25.5 Å². The van der Waals surface area contributed by atoms with Crippen molar-refractivity contribution >= 4 is 0 Å². The van der Waals surface area contributed by atoms with Crippen LogP contribution in [0.4, 0.5) is 0 Å². The van der Waals surface area contributed by atoms with Crippen molar-refractivity contribution in [3.63, 3.8) is 0 Å². The molecule has 0 saturated heterocycles. The third-order valence-corrected chi connectivity index (χ3v) is 2.57. The highest BCUT2D eigenvalue weighted by molar-refractivity contribution is 5.24. The summed E-state index contributed by atoms with van der Waals surface area (Å²) in [6.45, 7) is 4.51. The number of imidazole rings is 1. The Labute approximate surface area is 88.2 Å². The molecule has 0 amide bonds. The minimum atomic E-state index is -1.10. The van der Waals surface area contributed by atoms with Gasteiger partial charge in [-0.05, 0) is 19.9 Å². The Morgan fingerprint density at radius 3 is 3.00 bits per heavy atom. The molecular formula is C11H14N2O2. The second-order valence-corrected chi connectivity index (χ2v) is 3.62. The Balaban J connectivity index is 2.46. The fraction of sp³-hybridized carbons (Fsp3) is 0.364. The third-order valence-electron chi connectivity index (χ3n) is 2.57. The van der Waals surface area contributed by atoms with Gasteiger partial charge in [-0.2, -0.15) is 0 Å². The highest BCUT2D eigenvalue weighted by atomic mass is 16.3. The van der Waals surface area contributed by atoms with E-state index in [4.69, 9.17) is 4.42 Å². The molecule has 0 aliphatic heterocycles. The minimum Gasteiger partial charge on any atom is -0.472 e. The number of hydrogen-bond acceptors (Lipinski definition) is 3. The number of aromatic nitrogens is 2. The summed E-state index contributed by atoms with van der Waals surface area (Å²) in [4.78, 5) is 4.19. The van der Waals surface area contributed by atoms with Crippen LogP contribution in [0.1, 0.15) is 25.2 Å². The maximum absolute atomic E-state index is 10.4. The molecule has 0 aliphatic rings. The molecule has 4 heteroatoms. The number of furan rings is 1. The molecule has 0 radical (unpaired) electrons. The number of aliphatic hydroxyl groups is 1. The van der Waals surface area contributed by atoms with E-state index in [2.05, 4.69) is 4.98 Å². The van der Waals surface area contributed by atoms with Crippen molar-refractivity contribution in [2.24, 2.45) is 0 Å². The average Bonchev–Trinajstić information content (AvgIpc) is 2.89. The molecule has 0 aromatic carbocycles. The molecule has 1 unspecified atom stereocenters. The molecule has 1 N–H and O–H groups in total. The van der Waals surface area contributed by atoms with Crippen LogP contribution in [0.25, 0.3) is 0 Å². The van der Waals surface area contributed by atoms with Gasteiger partial charge in [0, 0.05) is 24.5 Å². The number of nitrogens with zero attached hydrogens (tertiary/aromatic N) is 2. The van der Waals surface area contributed by atoms with Gasteiger partial charge in [0.15, 0.2) is 0 Å². The lowest BCUT2D eigenvalue weighted by atomic mass is 9.98. The fourth-order valence-corrected chi connectivity index (χ4v) is 1.66. The first-order chi connectivity index (χ1) is 7.16. The summed E-state index contributed by atoms with van der Waals surface area (Å²) in [6, 6.07) is 1.74. The third kappa shape index (κ3) is 1.57. The van der Waals surface area contributed by atoms with Crippen molar-refractivity contribution < 1.29 is 9.52 Å². The lowest BCUT2D eigenvalue weighted by Crippen LogP contribution is -2.26. The second kappa shape index (κ2) is 3.55. The van der Waals surface area contributed by atoms with E-state index < -0.39 is 5.60 Å². The quantitative estimate of drug-likeness (QED) is 0.832. The van der Waals surface area contributed by atoms with Gasteiger partial charge in [0.05, 0.1) is 12.5 Å². The highest BCUT2D eigenvalue weighted by Crippen LogP contribution is 2.27. The lowest BCUT2D eigenvalue weighted by molar-refractivity contribution is 0.0875. The van der Waals surface area contributed by atoms with Gasteiger partial charge in [0.2, 0.25) is 0 Å². The smallest absolute Gasteiger partial charge is 0.147 e. The summed E-state index contributed by atoms with van der Waals surface area (Å²) in [5.41, 5.74) is -0.393. The maximum atomic E-state index is 10.4. The van der Waals surface area contributed by atoms with Gasteiger partial charge >= 0.3 is 0 Å². The maximum Gasteiger partial charge on any atom is 0.147 e. The summed E-state index contributed by atoms with van der Waals surface area (Å²) in [7, 11) is 0. The van der Waals surface area contributed by atoms with Gasteiger partial charge in [0.1, 0.15) is 11.4 Å². The van der Waals surface area contributed by atoms with E-state index in [0.29, 0.717) is 11.4 Å². The first-order valence-electron chi connectivity index (χ1n) is 4.93. The van der Waals surface area contributed by atoms with E-state index in [9.17, 15) is 5.11 Å². The minimum absolute atomic E-state index is 0.631. The van der Waals surface area contributed by atoms with Crippen molar-refractivity contribution in [2.75, 3.05) is 0 Å². The first-order valence-corrected chi connectivity index (χ1v) is 4.93. The molecule has 2 aromatic heterocycles. The van der Waals surface area contributed by atoms with Gasteiger partial charge in [0.25, 0.3) is 0 Å². The standard InChI is InChI=1S/C11H14N2O2/c1-3-13-6-5-12-10(13)11(2,14)9-4-7-15-8-9/h4-8,14H,3H2,1-2H3. The van der Waals surface area contributed by atoms with Crippen LogP contribution in [0.2, 0.25) is 0 Å². The Morgan fingerprint density at radius 1 is 1.60 bits per heavy atom. The molecule has 0 bridgehead atoms. The van der Waals surface area contributed by atoms with Crippen LogP contribution >= 0.6 is 0 Å². The van der Waals surface area contributed by atoms with E-state index >= 15 is 0 Å². The molecule has 4 nitrogen and oxygen atoms in total. The molecule has 80 valence electrons. The van der Waals surface area contributed by atoms with E-state index in [-0.39, 0.29) is 0 Å². The van der Waals surface area contributed by atoms with Crippen LogP contribution in [0.5, 0.6) is 0 Å². The molecule has 0 spiro atoms. The molecule has 2 aromatic rings. The Morgan fingerprint density at radius 2 is 2.40 bits per heavy atom. The van der Waals surface area contributed by atoms with E-state index in [1.807, 2.05) is 17.7 Å². The zero-order valence-corrected chi connectivity index (χ0v) is 8.84. The van der Waals surface area contributed by atoms with Crippen LogP contribution in [-0.4, -0.2) is 14.7 Å². The Kier molecular flexibility index (Phi) is 2.36. The largest absolute Gasteiger partial charge is 0.472 e. The van der Waals surface area contributed by atoms with Crippen LogP contribution < -0.4 is 0 Å². The van der Waals surface area contributed by atoms with Gasteiger partial charge in [-0.3, -0.25) is 0 Å². The highest BCUT2D eigenvalue weighted by Gasteiger charge is 2.31. The van der Waals surface area contributed by atoms with Gasteiger partial charge in [-0.15, -0.1) is 0 Å². The molecule has 1 atom stereocenters. The summed E-state index contributed by atoms with van der Waals surface area (Å²) >= 11 is 0. The molecule has 2 rings (SSSR count). The molecule has 0 aliphatic carbocycles. The Bertz CT molecular complexity index is 429. The normalized spacial score (nSPS) is 15.1. The van der Waals surface area contributed by atoms with Crippen molar-refractivity contribution in [2.45, 2.75) is 26.0 Å². The summed E-state index contributed by atoms with van der Waals surface area (Å²) in [5.74, 6) is 0.631. The van der Waals surface area contributed by atoms with Gasteiger partial charge in [-0.1, -0.05) is 0 Å². The number of hydrogen-bond donors (Lipinski definition) is 1. The van der Waals surface area contributed by atoms with Crippen molar-refractivity contribution in [1.29, 1.82) is 0 Å². The van der Waals surface area contributed by atoms with Crippen molar-refractivity contribution in [3.05, 3.63) is 42.4 Å². The predicted molar refractivity (Wildman–Crippen MR) is 55.3 cm³/mol. The van der Waals surface area contributed by atoms with Crippen LogP contribution in [0.15, 0.2) is 35.4 Å².